The van der Waals surface area contributed by atoms with Gasteiger partial charge in [0.05, 0.1) is 7.11 Å². The Balaban J connectivity index is 0.00000169. The average Bonchev–Trinajstić information content (AvgIpc) is 2.17. The lowest BCUT2D eigenvalue weighted by Gasteiger charge is -2.28. The van der Waals surface area contributed by atoms with Gasteiger partial charge < -0.3 is 9.64 Å². The summed E-state index contributed by atoms with van der Waals surface area (Å²) in [5.74, 6) is -0.946. The van der Waals surface area contributed by atoms with E-state index in [9.17, 15) is 9.59 Å². The van der Waals surface area contributed by atoms with E-state index in [2.05, 4.69) is 9.64 Å². The summed E-state index contributed by atoms with van der Waals surface area (Å²) in [4.78, 5) is 24.6. The van der Waals surface area contributed by atoms with Crippen molar-refractivity contribution in [3.05, 3.63) is 0 Å². The highest BCUT2D eigenvalue weighted by atomic mass is 35.5. The van der Waals surface area contributed by atoms with Gasteiger partial charge in [-0.1, -0.05) is 6.92 Å². The van der Waals surface area contributed by atoms with E-state index >= 15 is 0 Å². The Bertz CT molecular complexity index is 212. The minimum atomic E-state index is -0.557. The number of halogens is 1. The molecule has 0 N–H and O–H groups in total. The van der Waals surface area contributed by atoms with Crippen molar-refractivity contribution in [2.45, 2.75) is 13.3 Å². The molecule has 1 rings (SSSR count). The minimum absolute atomic E-state index is 0. The smallest absolute Gasteiger partial charge is 0.317 e. The molecular weight excluding hydrogens is 206 g/mol. The zero-order valence-electron chi connectivity index (χ0n) is 8.49. The largest absolute Gasteiger partial charge is 0.468 e. The van der Waals surface area contributed by atoms with Crippen LogP contribution in [0.2, 0.25) is 0 Å². The Kier molecular flexibility index (Phi) is 5.72. The van der Waals surface area contributed by atoms with Crippen molar-refractivity contribution in [3.63, 3.8) is 0 Å². The highest BCUT2D eigenvalue weighted by molar-refractivity contribution is 5.99. The van der Waals surface area contributed by atoms with Crippen LogP contribution in [-0.2, 0) is 14.3 Å². The normalized spacial score (nSPS) is 22.7. The second-order valence-electron chi connectivity index (χ2n) is 3.19. The van der Waals surface area contributed by atoms with Crippen molar-refractivity contribution in [1.82, 2.24) is 4.90 Å². The quantitative estimate of drug-likeness (QED) is 0.503. The van der Waals surface area contributed by atoms with E-state index in [0.29, 0.717) is 13.0 Å². The summed E-state index contributed by atoms with van der Waals surface area (Å²) in [5.41, 5.74) is 0. The number of likely N-dealkylation sites (tertiary alicyclic amines) is 1. The van der Waals surface area contributed by atoms with E-state index in [1.165, 1.54) is 7.11 Å². The number of carbonyl (C=O) groups is 2. The maximum Gasteiger partial charge on any atom is 0.317 e. The van der Waals surface area contributed by atoms with Crippen LogP contribution in [0.25, 0.3) is 0 Å². The van der Waals surface area contributed by atoms with Gasteiger partial charge >= 0.3 is 5.97 Å². The van der Waals surface area contributed by atoms with Gasteiger partial charge in [0.25, 0.3) is 0 Å². The molecule has 1 aliphatic heterocycles. The molecule has 82 valence electrons. The van der Waals surface area contributed by atoms with Gasteiger partial charge in [-0.15, -0.1) is 12.4 Å². The molecule has 1 saturated heterocycles. The Morgan fingerprint density at radius 3 is 2.79 bits per heavy atom. The molecule has 4 nitrogen and oxygen atoms in total. The first-order chi connectivity index (χ1) is 6.19. The van der Waals surface area contributed by atoms with Crippen LogP contribution < -0.4 is 0 Å². The first-order valence-corrected chi connectivity index (χ1v) is 4.52. The van der Waals surface area contributed by atoms with Crippen molar-refractivity contribution in [3.8, 4) is 0 Å². The van der Waals surface area contributed by atoms with Crippen LogP contribution in [0.3, 0.4) is 0 Å². The monoisotopic (exact) mass is 221 g/mol. The van der Waals surface area contributed by atoms with E-state index < -0.39 is 11.9 Å². The third kappa shape index (κ3) is 2.96. The van der Waals surface area contributed by atoms with Gasteiger partial charge in [0, 0.05) is 19.5 Å². The summed E-state index contributed by atoms with van der Waals surface area (Å²) >= 11 is 0. The predicted octanol–water partition coefficient (Wildman–Crippen LogP) is 0.492. The van der Waals surface area contributed by atoms with Crippen LogP contribution in [0.1, 0.15) is 13.3 Å². The number of carbonyl (C=O) groups excluding carboxylic acids is 2. The van der Waals surface area contributed by atoms with Crippen molar-refractivity contribution < 1.29 is 14.3 Å². The molecule has 1 aliphatic rings. The Morgan fingerprint density at radius 2 is 2.29 bits per heavy atom. The number of rotatable bonds is 2. The minimum Gasteiger partial charge on any atom is -0.468 e. The molecule has 0 aromatic heterocycles. The standard InChI is InChI=1S/C9H15NO3.ClH/c1-3-10-5-4-8(11)7(6-10)9(12)13-2;/h7H,3-6H2,1-2H3;1H. The topological polar surface area (TPSA) is 46.6 Å². The van der Waals surface area contributed by atoms with Gasteiger partial charge in [-0.2, -0.15) is 0 Å². The Labute approximate surface area is 90.0 Å². The predicted molar refractivity (Wildman–Crippen MR) is 54.5 cm³/mol. The van der Waals surface area contributed by atoms with Crippen molar-refractivity contribution in [2.75, 3.05) is 26.7 Å². The van der Waals surface area contributed by atoms with Crippen LogP contribution >= 0.6 is 12.4 Å². The lowest BCUT2D eigenvalue weighted by atomic mass is 9.97. The average molecular weight is 222 g/mol. The zero-order valence-corrected chi connectivity index (χ0v) is 9.30. The molecule has 0 aromatic carbocycles. The fraction of sp³-hybridized carbons (Fsp3) is 0.778. The van der Waals surface area contributed by atoms with Crippen molar-refractivity contribution >= 4 is 24.2 Å². The molecular formula is C9H16ClNO3. The lowest BCUT2D eigenvalue weighted by molar-refractivity contribution is -0.151. The second kappa shape index (κ2) is 5.98. The summed E-state index contributed by atoms with van der Waals surface area (Å²) in [5, 5.41) is 0. The first-order valence-electron chi connectivity index (χ1n) is 4.52. The molecule has 0 amide bonds. The number of Topliss-reactive ketones (excluding diaryl/α,β-unsaturated/α-hetero) is 1. The summed E-state index contributed by atoms with van der Waals surface area (Å²) in [6, 6.07) is 0. The SMILES string of the molecule is CCN1CCC(=O)C(C(=O)OC)C1.Cl. The van der Waals surface area contributed by atoms with Crippen LogP contribution in [0, 0.1) is 5.92 Å². The van der Waals surface area contributed by atoms with Gasteiger partial charge in [-0.25, -0.2) is 0 Å². The number of ether oxygens (including phenoxy) is 1. The summed E-state index contributed by atoms with van der Waals surface area (Å²) in [6.07, 6.45) is 0.466. The van der Waals surface area contributed by atoms with E-state index in [0.717, 1.165) is 13.1 Å². The number of hydrogen-bond donors (Lipinski definition) is 0. The highest BCUT2D eigenvalue weighted by Crippen LogP contribution is 2.13. The van der Waals surface area contributed by atoms with Gasteiger partial charge in [-0.05, 0) is 6.54 Å². The molecule has 5 heteroatoms. The van der Waals surface area contributed by atoms with Crippen LogP contribution in [-0.4, -0.2) is 43.4 Å². The lowest BCUT2D eigenvalue weighted by Crippen LogP contribution is -2.44. The zero-order chi connectivity index (χ0) is 9.84. The molecule has 0 aromatic rings. The molecule has 1 unspecified atom stereocenters. The first kappa shape index (κ1) is 13.4. The molecule has 0 saturated carbocycles. The third-order valence-electron chi connectivity index (χ3n) is 2.44. The van der Waals surface area contributed by atoms with E-state index in [1.807, 2.05) is 6.92 Å². The van der Waals surface area contributed by atoms with Crippen molar-refractivity contribution in [1.29, 1.82) is 0 Å². The maximum atomic E-state index is 11.3. The molecule has 0 bridgehead atoms. The van der Waals surface area contributed by atoms with Crippen LogP contribution in [0.4, 0.5) is 0 Å². The van der Waals surface area contributed by atoms with Gasteiger partial charge in [0.15, 0.2) is 0 Å². The number of esters is 1. The molecule has 14 heavy (non-hydrogen) atoms. The van der Waals surface area contributed by atoms with Gasteiger partial charge in [0.1, 0.15) is 11.7 Å². The summed E-state index contributed by atoms with van der Waals surface area (Å²) in [6.45, 7) is 4.18. The Morgan fingerprint density at radius 1 is 1.64 bits per heavy atom. The van der Waals surface area contributed by atoms with Crippen molar-refractivity contribution in [2.24, 2.45) is 5.92 Å². The molecule has 1 atom stereocenters. The molecule has 0 aliphatic carbocycles. The fourth-order valence-corrected chi connectivity index (χ4v) is 1.53. The van der Waals surface area contributed by atoms with E-state index in [4.69, 9.17) is 0 Å². The number of ketones is 1. The molecule has 1 fully saturated rings. The van der Waals surface area contributed by atoms with Crippen LogP contribution in [0.15, 0.2) is 0 Å². The summed E-state index contributed by atoms with van der Waals surface area (Å²) in [7, 11) is 1.32. The van der Waals surface area contributed by atoms with Gasteiger partial charge in [-0.3, -0.25) is 9.59 Å². The summed E-state index contributed by atoms with van der Waals surface area (Å²) < 4.78 is 4.57. The highest BCUT2D eigenvalue weighted by Gasteiger charge is 2.32. The van der Waals surface area contributed by atoms with E-state index in [-0.39, 0.29) is 18.2 Å². The van der Waals surface area contributed by atoms with Crippen LogP contribution in [0.5, 0.6) is 0 Å². The number of hydrogen-bond acceptors (Lipinski definition) is 4. The maximum absolute atomic E-state index is 11.3. The molecule has 0 radical (unpaired) electrons. The number of methoxy groups -OCH3 is 1. The fourth-order valence-electron chi connectivity index (χ4n) is 1.53. The Hall–Kier alpha value is -0.610. The number of piperidine rings is 1. The van der Waals surface area contributed by atoms with E-state index in [1.54, 1.807) is 0 Å². The molecule has 1 heterocycles. The van der Waals surface area contributed by atoms with Gasteiger partial charge in [0.2, 0.25) is 0 Å². The molecule has 0 spiro atoms. The second-order valence-corrected chi connectivity index (χ2v) is 3.19. The third-order valence-corrected chi connectivity index (χ3v) is 2.44. The number of nitrogens with zero attached hydrogens (tertiary/aromatic N) is 1.